The van der Waals surface area contributed by atoms with Crippen molar-refractivity contribution in [2.24, 2.45) is 5.92 Å². The number of amides is 2. The number of nitrogens with one attached hydrogen (secondary N) is 1. The zero-order valence-corrected chi connectivity index (χ0v) is 18.6. The average molecular weight is 479 g/mol. The van der Waals surface area contributed by atoms with Crippen LogP contribution in [0.4, 0.5) is 0 Å². The van der Waals surface area contributed by atoms with Gasteiger partial charge in [-0.15, -0.1) is 11.3 Å². The molecule has 8 heteroatoms. The number of nitrogens with zero attached hydrogens (tertiary/aromatic N) is 1. The fraction of sp³-hybridized carbons (Fsp3) is 0.429. The molecule has 0 spiro atoms. The highest BCUT2D eigenvalue weighted by atomic mass is 79.9. The first-order chi connectivity index (χ1) is 14.0. The van der Waals surface area contributed by atoms with Crippen LogP contribution in [0.5, 0.6) is 11.5 Å². The number of hydrogen-bond acceptors (Lipinski definition) is 5. The Balaban J connectivity index is 1.41. The van der Waals surface area contributed by atoms with E-state index in [2.05, 4.69) is 21.2 Å². The lowest BCUT2D eigenvalue weighted by Gasteiger charge is -2.32. The van der Waals surface area contributed by atoms with Crippen molar-refractivity contribution in [3.63, 3.8) is 0 Å². The van der Waals surface area contributed by atoms with Crippen LogP contribution in [0.15, 0.2) is 34.1 Å². The molecule has 6 nitrogen and oxygen atoms in total. The number of rotatable bonds is 4. The van der Waals surface area contributed by atoms with Crippen LogP contribution in [0.25, 0.3) is 0 Å². The van der Waals surface area contributed by atoms with Crippen molar-refractivity contribution in [1.29, 1.82) is 0 Å². The first-order valence-corrected chi connectivity index (χ1v) is 11.4. The molecule has 2 aromatic rings. The Bertz CT molecular complexity index is 902. The van der Waals surface area contributed by atoms with Crippen molar-refractivity contribution in [2.75, 3.05) is 26.3 Å². The summed E-state index contributed by atoms with van der Waals surface area (Å²) in [6, 6.07) is 7.30. The second-order valence-electron chi connectivity index (χ2n) is 7.32. The summed E-state index contributed by atoms with van der Waals surface area (Å²) in [7, 11) is 0. The monoisotopic (exact) mass is 478 g/mol. The Morgan fingerprint density at radius 2 is 2.03 bits per heavy atom. The second kappa shape index (κ2) is 8.75. The Morgan fingerprint density at radius 3 is 2.76 bits per heavy atom. The minimum Gasteiger partial charge on any atom is -0.486 e. The second-order valence-corrected chi connectivity index (χ2v) is 9.12. The maximum Gasteiger partial charge on any atom is 0.263 e. The first kappa shape index (κ1) is 20.2. The third kappa shape index (κ3) is 4.43. The Kier molecular flexibility index (Phi) is 6.10. The summed E-state index contributed by atoms with van der Waals surface area (Å²) in [5.74, 6) is 1.19. The van der Waals surface area contributed by atoms with Gasteiger partial charge in [-0.3, -0.25) is 9.59 Å². The smallest absolute Gasteiger partial charge is 0.263 e. The molecule has 1 saturated heterocycles. The highest BCUT2D eigenvalue weighted by molar-refractivity contribution is 9.10. The van der Waals surface area contributed by atoms with Gasteiger partial charge in [0, 0.05) is 17.6 Å². The predicted molar refractivity (Wildman–Crippen MR) is 115 cm³/mol. The predicted octanol–water partition coefficient (Wildman–Crippen LogP) is 4.01. The molecule has 2 atom stereocenters. The summed E-state index contributed by atoms with van der Waals surface area (Å²) in [5.41, 5.74) is 0.935. The van der Waals surface area contributed by atoms with Crippen LogP contribution in [0.2, 0.25) is 0 Å². The molecule has 29 heavy (non-hydrogen) atoms. The Hall–Kier alpha value is -2.06. The van der Waals surface area contributed by atoms with Gasteiger partial charge >= 0.3 is 0 Å². The summed E-state index contributed by atoms with van der Waals surface area (Å²) in [4.78, 5) is 28.1. The highest BCUT2D eigenvalue weighted by Gasteiger charge is 2.30. The van der Waals surface area contributed by atoms with Gasteiger partial charge in [0.2, 0.25) is 5.91 Å². The van der Waals surface area contributed by atoms with Crippen molar-refractivity contribution < 1.29 is 19.1 Å². The molecule has 1 N–H and O–H groups in total. The molecule has 0 bridgehead atoms. The van der Waals surface area contributed by atoms with Gasteiger partial charge < -0.3 is 19.7 Å². The lowest BCUT2D eigenvalue weighted by atomic mass is 9.96. The highest BCUT2D eigenvalue weighted by Crippen LogP contribution is 2.38. The molecule has 1 aromatic heterocycles. The van der Waals surface area contributed by atoms with Gasteiger partial charge in [0.25, 0.3) is 5.91 Å². The largest absolute Gasteiger partial charge is 0.486 e. The molecule has 154 valence electrons. The van der Waals surface area contributed by atoms with Crippen molar-refractivity contribution in [2.45, 2.75) is 25.8 Å². The molecule has 1 fully saturated rings. The zero-order chi connectivity index (χ0) is 20.4. The van der Waals surface area contributed by atoms with E-state index in [-0.39, 0.29) is 23.8 Å². The summed E-state index contributed by atoms with van der Waals surface area (Å²) in [6.45, 7) is 4.16. The summed E-state index contributed by atoms with van der Waals surface area (Å²) in [5, 5.41) is 5.00. The number of piperidine rings is 1. The third-order valence-electron chi connectivity index (χ3n) is 5.30. The van der Waals surface area contributed by atoms with E-state index in [0.717, 1.165) is 27.8 Å². The van der Waals surface area contributed by atoms with Gasteiger partial charge in [-0.1, -0.05) is 22.0 Å². The van der Waals surface area contributed by atoms with Crippen LogP contribution in [0.1, 0.15) is 41.0 Å². The quantitative estimate of drug-likeness (QED) is 0.720. The minimum atomic E-state index is -0.203. The van der Waals surface area contributed by atoms with Crippen LogP contribution in [0.3, 0.4) is 0 Å². The Morgan fingerprint density at radius 1 is 1.28 bits per heavy atom. The number of carbonyl (C=O) groups excluding carboxylic acids is 2. The van der Waals surface area contributed by atoms with Crippen LogP contribution < -0.4 is 14.8 Å². The number of hydrogen-bond donors (Lipinski definition) is 1. The molecule has 2 aliphatic heterocycles. The van der Waals surface area contributed by atoms with E-state index in [4.69, 9.17) is 9.47 Å². The molecular weight excluding hydrogens is 456 g/mol. The lowest BCUT2D eigenvalue weighted by molar-refractivity contribution is -0.127. The van der Waals surface area contributed by atoms with Crippen LogP contribution in [0, 0.1) is 5.92 Å². The van der Waals surface area contributed by atoms with Crippen LogP contribution >= 0.6 is 27.3 Å². The number of fused-ring (bicyclic) bond motifs is 1. The maximum atomic E-state index is 12.9. The van der Waals surface area contributed by atoms with Crippen molar-refractivity contribution in [1.82, 2.24) is 10.2 Å². The van der Waals surface area contributed by atoms with Gasteiger partial charge in [-0.25, -0.2) is 0 Å². The van der Waals surface area contributed by atoms with E-state index in [0.29, 0.717) is 37.8 Å². The van der Waals surface area contributed by atoms with E-state index in [1.165, 1.54) is 11.3 Å². The SMILES string of the molecule is C[C@H](NC(=O)[C@@H]1CCCN(C(=O)c2cccs2)C1)c1cc2c(cc1Br)OCCO2. The number of carbonyl (C=O) groups is 2. The molecule has 2 amide bonds. The van der Waals surface area contributed by atoms with Crippen molar-refractivity contribution >= 4 is 39.1 Å². The van der Waals surface area contributed by atoms with E-state index >= 15 is 0 Å². The molecule has 3 heterocycles. The van der Waals surface area contributed by atoms with Crippen molar-refractivity contribution in [3.05, 3.63) is 44.6 Å². The summed E-state index contributed by atoms with van der Waals surface area (Å²) >= 11 is 5.01. The number of ether oxygens (including phenoxy) is 2. The van der Waals surface area contributed by atoms with E-state index in [9.17, 15) is 9.59 Å². The van der Waals surface area contributed by atoms with Gasteiger partial charge in [0.1, 0.15) is 13.2 Å². The fourth-order valence-electron chi connectivity index (χ4n) is 3.75. The summed E-state index contributed by atoms with van der Waals surface area (Å²) < 4.78 is 12.1. The molecule has 2 aliphatic rings. The topological polar surface area (TPSA) is 67.9 Å². The molecule has 1 aromatic carbocycles. The minimum absolute atomic E-state index is 0.0140. The van der Waals surface area contributed by atoms with Gasteiger partial charge in [-0.2, -0.15) is 0 Å². The number of benzene rings is 1. The molecule has 0 aliphatic carbocycles. The van der Waals surface area contributed by atoms with E-state index < -0.39 is 0 Å². The van der Waals surface area contributed by atoms with Gasteiger partial charge in [0.05, 0.1) is 16.8 Å². The zero-order valence-electron chi connectivity index (χ0n) is 16.2. The number of halogens is 1. The lowest BCUT2D eigenvalue weighted by Crippen LogP contribution is -2.45. The van der Waals surface area contributed by atoms with Crippen molar-refractivity contribution in [3.8, 4) is 11.5 Å². The normalized spacial score (nSPS) is 19.5. The van der Waals surface area contributed by atoms with E-state index in [1.54, 1.807) is 4.90 Å². The van der Waals surface area contributed by atoms with Gasteiger partial charge in [-0.05, 0) is 48.9 Å². The third-order valence-corrected chi connectivity index (χ3v) is 6.84. The maximum absolute atomic E-state index is 12.9. The molecule has 4 rings (SSSR count). The fourth-order valence-corrected chi connectivity index (χ4v) is 5.11. The molecule has 0 unspecified atom stereocenters. The van der Waals surface area contributed by atoms with Crippen LogP contribution in [-0.2, 0) is 4.79 Å². The number of likely N-dealkylation sites (tertiary alicyclic amines) is 1. The Labute approximate surface area is 182 Å². The molecule has 0 radical (unpaired) electrons. The first-order valence-electron chi connectivity index (χ1n) is 9.75. The average Bonchev–Trinajstić information content (AvgIpc) is 3.27. The number of thiophene rings is 1. The van der Waals surface area contributed by atoms with E-state index in [1.807, 2.05) is 36.6 Å². The van der Waals surface area contributed by atoms with Gasteiger partial charge in [0.15, 0.2) is 11.5 Å². The standard InChI is InChI=1S/C21H23BrN2O4S/c1-13(15-10-17-18(11-16(15)22)28-8-7-27-17)23-20(25)14-4-2-6-24(12-14)21(26)19-5-3-9-29-19/h3,5,9-11,13-14H,2,4,6-8,12H2,1H3,(H,23,25)/t13-,14+/m0/s1. The van der Waals surface area contributed by atoms with Crippen LogP contribution in [-0.4, -0.2) is 43.0 Å². The summed E-state index contributed by atoms with van der Waals surface area (Å²) in [6.07, 6.45) is 1.62. The molecule has 0 saturated carbocycles. The molecular formula is C21H23BrN2O4S.